The van der Waals surface area contributed by atoms with Gasteiger partial charge in [0, 0.05) is 4.47 Å². The predicted molar refractivity (Wildman–Crippen MR) is 135 cm³/mol. The van der Waals surface area contributed by atoms with Crippen molar-refractivity contribution in [3.8, 4) is 0 Å². The van der Waals surface area contributed by atoms with E-state index in [-0.39, 0.29) is 24.2 Å². The number of carbonyl (C=O) groups is 2. The molecule has 1 atom stereocenters. The summed E-state index contributed by atoms with van der Waals surface area (Å²) >= 11 is 3.40. The molecule has 2 fully saturated rings. The van der Waals surface area contributed by atoms with Gasteiger partial charge in [-0.3, -0.25) is 14.5 Å². The maximum absolute atomic E-state index is 13.2. The van der Waals surface area contributed by atoms with Gasteiger partial charge in [0.25, 0.3) is 5.91 Å². The number of rotatable bonds is 5. The number of amides is 2. The molecule has 0 spiro atoms. The number of benzene rings is 3. The Hall–Kier alpha value is -2.80. The first-order valence-electron chi connectivity index (χ1n) is 11.7. The van der Waals surface area contributed by atoms with Crippen molar-refractivity contribution in [2.75, 3.05) is 18.0 Å². The van der Waals surface area contributed by atoms with E-state index in [0.717, 1.165) is 28.4 Å². The third kappa shape index (κ3) is 4.11. The van der Waals surface area contributed by atoms with Crippen molar-refractivity contribution in [2.24, 2.45) is 5.92 Å². The van der Waals surface area contributed by atoms with Crippen LogP contribution in [0.15, 0.2) is 89.4 Å². The Labute approximate surface area is 208 Å². The summed E-state index contributed by atoms with van der Waals surface area (Å²) in [7, 11) is 0. The Morgan fingerprint density at radius 2 is 1.32 bits per heavy atom. The summed E-state index contributed by atoms with van der Waals surface area (Å²) in [6, 6.07) is 26.5. The molecule has 1 unspecified atom stereocenters. The summed E-state index contributed by atoms with van der Waals surface area (Å²) < 4.78 is 0.901. The lowest BCUT2D eigenvalue weighted by atomic mass is 9.72. The molecule has 2 saturated heterocycles. The van der Waals surface area contributed by atoms with Gasteiger partial charge in [-0.25, -0.2) is 4.90 Å². The lowest BCUT2D eigenvalue weighted by Crippen LogP contribution is -2.49. The third-order valence-corrected chi connectivity index (χ3v) is 7.73. The van der Waals surface area contributed by atoms with Gasteiger partial charge in [-0.05, 0) is 67.2 Å². The monoisotopic (exact) mass is 518 g/mol. The molecule has 0 radical (unpaired) electrons. The van der Waals surface area contributed by atoms with Crippen LogP contribution in [0.5, 0.6) is 0 Å². The summed E-state index contributed by atoms with van der Waals surface area (Å²) in [6.07, 6.45) is 1.66. The smallest absolute Gasteiger partial charge is 0.251 e. The van der Waals surface area contributed by atoms with Gasteiger partial charge in [-0.15, -0.1) is 0 Å². The Balaban J connectivity index is 1.34. The minimum Gasteiger partial charge on any atom is -0.380 e. The minimum absolute atomic E-state index is 0.00309. The first-order chi connectivity index (χ1) is 16.5. The van der Waals surface area contributed by atoms with E-state index in [1.54, 1.807) is 12.1 Å². The fourth-order valence-corrected chi connectivity index (χ4v) is 5.68. The van der Waals surface area contributed by atoms with Crippen LogP contribution in [0.1, 0.15) is 30.4 Å². The second kappa shape index (κ2) is 9.45. The van der Waals surface area contributed by atoms with E-state index in [0.29, 0.717) is 18.8 Å². The molecule has 0 saturated carbocycles. The fraction of sp³-hybridized carbons (Fsp3) is 0.286. The fourth-order valence-electron chi connectivity index (χ4n) is 5.41. The second-order valence-electron chi connectivity index (χ2n) is 9.07. The number of anilines is 1. The highest BCUT2D eigenvalue weighted by Gasteiger charge is 2.46. The van der Waals surface area contributed by atoms with Gasteiger partial charge in [0.1, 0.15) is 5.60 Å². The van der Waals surface area contributed by atoms with E-state index < -0.39 is 11.6 Å². The Morgan fingerprint density at radius 3 is 1.85 bits per heavy atom. The standard InChI is InChI=1S/C28H27BrN2O3/c29-23-11-13-24(14-12-23)31-26(32)19-25(27(31)33)30-17-15-22(16-18-30)28(34,20-7-3-1-4-8-20)21-9-5-2-6-10-21/h1-14,22,25,34H,15-19H2. The number of aliphatic hydroxyl groups is 1. The van der Waals surface area contributed by atoms with E-state index in [4.69, 9.17) is 0 Å². The number of imide groups is 1. The first kappa shape index (κ1) is 23.0. The van der Waals surface area contributed by atoms with Crippen LogP contribution >= 0.6 is 15.9 Å². The zero-order chi connectivity index (χ0) is 23.7. The zero-order valence-corrected chi connectivity index (χ0v) is 20.4. The summed E-state index contributed by atoms with van der Waals surface area (Å²) in [5.41, 5.74) is 1.27. The lowest BCUT2D eigenvalue weighted by Gasteiger charge is -2.43. The van der Waals surface area contributed by atoms with Crippen molar-refractivity contribution in [1.82, 2.24) is 4.90 Å². The first-order valence-corrected chi connectivity index (χ1v) is 12.5. The Morgan fingerprint density at radius 1 is 0.794 bits per heavy atom. The van der Waals surface area contributed by atoms with E-state index in [9.17, 15) is 14.7 Å². The molecule has 2 aliphatic rings. The van der Waals surface area contributed by atoms with Gasteiger partial charge in [-0.2, -0.15) is 0 Å². The van der Waals surface area contributed by atoms with Gasteiger partial charge in [0.15, 0.2) is 0 Å². The van der Waals surface area contributed by atoms with E-state index in [1.807, 2.05) is 72.8 Å². The van der Waals surface area contributed by atoms with Crippen LogP contribution in [0.3, 0.4) is 0 Å². The van der Waals surface area contributed by atoms with Crippen LogP contribution in [-0.4, -0.2) is 41.0 Å². The van der Waals surface area contributed by atoms with Crippen LogP contribution in [0.4, 0.5) is 5.69 Å². The molecule has 0 aliphatic carbocycles. The number of carbonyl (C=O) groups excluding carboxylic acids is 2. The summed E-state index contributed by atoms with van der Waals surface area (Å²) in [6.45, 7) is 1.31. The number of halogens is 1. The van der Waals surface area contributed by atoms with Gasteiger partial charge >= 0.3 is 0 Å². The van der Waals surface area contributed by atoms with Gasteiger partial charge in [0.2, 0.25) is 5.91 Å². The highest BCUT2D eigenvalue weighted by Crippen LogP contribution is 2.42. The molecule has 2 heterocycles. The largest absolute Gasteiger partial charge is 0.380 e. The van der Waals surface area contributed by atoms with Crippen molar-refractivity contribution < 1.29 is 14.7 Å². The van der Waals surface area contributed by atoms with Crippen molar-refractivity contribution in [2.45, 2.75) is 30.9 Å². The van der Waals surface area contributed by atoms with Crippen LogP contribution in [0.25, 0.3) is 0 Å². The van der Waals surface area contributed by atoms with Crippen molar-refractivity contribution in [3.63, 3.8) is 0 Å². The molecule has 5 rings (SSSR count). The molecule has 34 heavy (non-hydrogen) atoms. The van der Waals surface area contributed by atoms with E-state index in [2.05, 4.69) is 20.8 Å². The van der Waals surface area contributed by atoms with Crippen LogP contribution in [0.2, 0.25) is 0 Å². The molecule has 174 valence electrons. The van der Waals surface area contributed by atoms with Crippen LogP contribution < -0.4 is 4.90 Å². The molecule has 5 nitrogen and oxygen atoms in total. The number of hydrogen-bond donors (Lipinski definition) is 1. The Kier molecular flexibility index (Phi) is 6.38. The molecule has 0 aromatic heterocycles. The van der Waals surface area contributed by atoms with Gasteiger partial charge in [0.05, 0.1) is 18.2 Å². The normalized spacial score (nSPS) is 20.2. The average molecular weight is 519 g/mol. The number of nitrogens with zero attached hydrogens (tertiary/aromatic N) is 2. The summed E-state index contributed by atoms with van der Waals surface area (Å²) in [5, 5.41) is 12.1. The van der Waals surface area contributed by atoms with E-state index >= 15 is 0 Å². The van der Waals surface area contributed by atoms with Crippen molar-refractivity contribution in [3.05, 3.63) is 101 Å². The topological polar surface area (TPSA) is 60.9 Å². The van der Waals surface area contributed by atoms with Crippen LogP contribution in [0, 0.1) is 5.92 Å². The maximum Gasteiger partial charge on any atom is 0.251 e. The molecule has 1 N–H and O–H groups in total. The molecular weight excluding hydrogens is 492 g/mol. The second-order valence-corrected chi connectivity index (χ2v) is 9.99. The average Bonchev–Trinajstić information content (AvgIpc) is 3.19. The third-order valence-electron chi connectivity index (χ3n) is 7.20. The molecule has 2 aliphatic heterocycles. The summed E-state index contributed by atoms with van der Waals surface area (Å²) in [4.78, 5) is 29.4. The van der Waals surface area contributed by atoms with Gasteiger partial charge < -0.3 is 5.11 Å². The quantitative estimate of drug-likeness (QED) is 0.496. The minimum atomic E-state index is -1.10. The highest BCUT2D eigenvalue weighted by molar-refractivity contribution is 9.10. The number of likely N-dealkylation sites (tertiary alicyclic amines) is 1. The van der Waals surface area contributed by atoms with E-state index in [1.165, 1.54) is 4.90 Å². The van der Waals surface area contributed by atoms with Gasteiger partial charge in [-0.1, -0.05) is 76.6 Å². The number of piperidine rings is 1. The molecule has 3 aromatic rings. The zero-order valence-electron chi connectivity index (χ0n) is 18.8. The molecular formula is C28H27BrN2O3. The molecule has 2 amide bonds. The molecule has 0 bridgehead atoms. The van der Waals surface area contributed by atoms with Crippen molar-refractivity contribution >= 4 is 33.4 Å². The van der Waals surface area contributed by atoms with Crippen LogP contribution in [-0.2, 0) is 15.2 Å². The summed E-state index contributed by atoms with van der Waals surface area (Å²) in [5.74, 6) is -0.319. The SMILES string of the molecule is O=C1CC(N2CCC(C(O)(c3ccccc3)c3ccccc3)CC2)C(=O)N1c1ccc(Br)cc1. The highest BCUT2D eigenvalue weighted by atomic mass is 79.9. The number of hydrogen-bond acceptors (Lipinski definition) is 4. The predicted octanol–water partition coefficient (Wildman–Crippen LogP) is 4.73. The molecule has 3 aromatic carbocycles. The maximum atomic E-state index is 13.2. The van der Waals surface area contributed by atoms with Crippen molar-refractivity contribution in [1.29, 1.82) is 0 Å². The molecule has 6 heteroatoms. The Bertz CT molecular complexity index is 1120. The lowest BCUT2D eigenvalue weighted by molar-refractivity contribution is -0.123.